The van der Waals surface area contributed by atoms with Crippen LogP contribution < -0.4 is 0 Å². The predicted octanol–water partition coefficient (Wildman–Crippen LogP) is 2.73. The highest BCUT2D eigenvalue weighted by Gasteiger charge is 2.01. The molecule has 0 aromatic rings. The molecule has 0 heterocycles. The molecule has 1 nitrogen and oxygen atoms in total. The molecule has 0 saturated heterocycles. The molecule has 0 aliphatic carbocycles. The topological polar surface area (TPSA) is 23.8 Å². The zero-order chi connectivity index (χ0) is 7.11. The summed E-state index contributed by atoms with van der Waals surface area (Å²) in [5.74, 6) is 0.653. The Balaban J connectivity index is 3.32. The maximum absolute atomic E-state index is 8.34. The number of rotatable bonds is 4. The van der Waals surface area contributed by atoms with E-state index in [2.05, 4.69) is 19.9 Å². The summed E-state index contributed by atoms with van der Waals surface area (Å²) in [5.41, 5.74) is 0. The summed E-state index contributed by atoms with van der Waals surface area (Å²) in [6.45, 7) is 4.32. The Kier molecular flexibility index (Phi) is 5.30. The van der Waals surface area contributed by atoms with Crippen LogP contribution in [0.15, 0.2) is 0 Å². The maximum Gasteiger partial charge on any atom is 0.0624 e. The number of hydrogen-bond donors (Lipinski definition) is 0. The van der Waals surface area contributed by atoms with Crippen molar-refractivity contribution in [3.8, 4) is 6.07 Å². The maximum atomic E-state index is 8.34. The summed E-state index contributed by atoms with van der Waals surface area (Å²) in [4.78, 5) is 0. The minimum atomic E-state index is 0.653. The van der Waals surface area contributed by atoms with Gasteiger partial charge >= 0.3 is 0 Å². The van der Waals surface area contributed by atoms with Gasteiger partial charge in [0.2, 0.25) is 0 Å². The van der Waals surface area contributed by atoms with E-state index in [1.807, 2.05) is 0 Å². The van der Waals surface area contributed by atoms with Crippen LogP contribution in [0.4, 0.5) is 0 Å². The van der Waals surface area contributed by atoms with Crippen molar-refractivity contribution in [2.75, 3.05) is 0 Å². The molecule has 1 unspecified atom stereocenters. The largest absolute Gasteiger partial charge is 0.198 e. The van der Waals surface area contributed by atoms with Gasteiger partial charge in [0.25, 0.3) is 0 Å². The molecule has 0 saturated carbocycles. The third kappa shape index (κ3) is 4.02. The molecule has 0 radical (unpaired) electrons. The van der Waals surface area contributed by atoms with Gasteiger partial charge in [-0.15, -0.1) is 0 Å². The first kappa shape index (κ1) is 8.49. The van der Waals surface area contributed by atoms with E-state index in [1.54, 1.807) is 0 Å². The van der Waals surface area contributed by atoms with Gasteiger partial charge in [-0.3, -0.25) is 0 Å². The third-order valence-corrected chi connectivity index (χ3v) is 1.65. The van der Waals surface area contributed by atoms with Gasteiger partial charge in [-0.1, -0.05) is 26.7 Å². The number of nitriles is 1. The van der Waals surface area contributed by atoms with Crippen LogP contribution in [0.3, 0.4) is 0 Å². The van der Waals surface area contributed by atoms with Crippen LogP contribution in [-0.2, 0) is 0 Å². The summed E-state index contributed by atoms with van der Waals surface area (Å²) in [7, 11) is 0. The van der Waals surface area contributed by atoms with Crippen molar-refractivity contribution < 1.29 is 0 Å². The lowest BCUT2D eigenvalue weighted by Crippen LogP contribution is -1.95. The van der Waals surface area contributed by atoms with Crippen molar-refractivity contribution in [2.24, 2.45) is 5.92 Å². The van der Waals surface area contributed by atoms with Crippen LogP contribution in [0.25, 0.3) is 0 Å². The van der Waals surface area contributed by atoms with Crippen LogP contribution >= 0.6 is 0 Å². The summed E-state index contributed by atoms with van der Waals surface area (Å²) in [5, 5.41) is 8.34. The first-order chi connectivity index (χ1) is 4.35. The summed E-state index contributed by atoms with van der Waals surface area (Å²) in [6.07, 6.45) is 4.32. The Labute approximate surface area is 57.7 Å². The van der Waals surface area contributed by atoms with Gasteiger partial charge in [0, 0.05) is 6.42 Å². The molecule has 1 heteroatoms. The smallest absolute Gasteiger partial charge is 0.0624 e. The minimum absolute atomic E-state index is 0.653. The molecule has 0 fully saturated rings. The molecule has 1 atom stereocenters. The molecule has 0 N–H and O–H groups in total. The van der Waals surface area contributed by atoms with Crippen molar-refractivity contribution in [1.29, 1.82) is 5.26 Å². The molecule has 0 spiro atoms. The lowest BCUT2D eigenvalue weighted by molar-refractivity contribution is 0.474. The standard InChI is InChI=1S/C8H15N/c1-3-5-8(4-2)6-7-9/h8H,3-6H2,1-2H3. The van der Waals surface area contributed by atoms with Crippen molar-refractivity contribution in [3.63, 3.8) is 0 Å². The zero-order valence-electron chi connectivity index (χ0n) is 6.35. The fourth-order valence-corrected chi connectivity index (χ4v) is 0.988. The first-order valence-electron chi connectivity index (χ1n) is 3.72. The highest BCUT2D eigenvalue weighted by Crippen LogP contribution is 2.13. The molecule has 0 bridgehead atoms. The third-order valence-electron chi connectivity index (χ3n) is 1.65. The van der Waals surface area contributed by atoms with Crippen molar-refractivity contribution >= 4 is 0 Å². The molecular formula is C8H15N. The molecule has 52 valence electrons. The SMILES string of the molecule is CCCC(CC)CC#N. The number of nitrogens with zero attached hydrogens (tertiary/aromatic N) is 1. The summed E-state index contributed by atoms with van der Waals surface area (Å²) < 4.78 is 0. The van der Waals surface area contributed by atoms with E-state index < -0.39 is 0 Å². The Morgan fingerprint density at radius 1 is 1.44 bits per heavy atom. The lowest BCUT2D eigenvalue weighted by atomic mass is 9.98. The van der Waals surface area contributed by atoms with E-state index in [0.717, 1.165) is 12.8 Å². The Morgan fingerprint density at radius 3 is 2.44 bits per heavy atom. The van der Waals surface area contributed by atoms with Gasteiger partial charge in [-0.05, 0) is 12.3 Å². The molecule has 0 aliphatic heterocycles. The highest BCUT2D eigenvalue weighted by atomic mass is 14.2. The van der Waals surface area contributed by atoms with E-state index in [1.165, 1.54) is 12.8 Å². The van der Waals surface area contributed by atoms with Crippen molar-refractivity contribution in [2.45, 2.75) is 39.5 Å². The van der Waals surface area contributed by atoms with Crippen molar-refractivity contribution in [1.82, 2.24) is 0 Å². The average Bonchev–Trinajstić information content (AvgIpc) is 1.88. The quantitative estimate of drug-likeness (QED) is 0.566. The fourth-order valence-electron chi connectivity index (χ4n) is 0.988. The normalized spacial score (nSPS) is 12.6. The van der Waals surface area contributed by atoms with Crippen LogP contribution in [0.5, 0.6) is 0 Å². The van der Waals surface area contributed by atoms with E-state index in [-0.39, 0.29) is 0 Å². The molecule has 0 rings (SSSR count). The van der Waals surface area contributed by atoms with Gasteiger partial charge in [-0.25, -0.2) is 0 Å². The molecule has 0 amide bonds. The second-order valence-electron chi connectivity index (χ2n) is 2.43. The fraction of sp³-hybridized carbons (Fsp3) is 0.875. The average molecular weight is 125 g/mol. The van der Waals surface area contributed by atoms with Crippen LogP contribution in [-0.4, -0.2) is 0 Å². The highest BCUT2D eigenvalue weighted by molar-refractivity contribution is 4.74. The van der Waals surface area contributed by atoms with Crippen LogP contribution in [0, 0.1) is 17.2 Å². The van der Waals surface area contributed by atoms with Crippen LogP contribution in [0.2, 0.25) is 0 Å². The lowest BCUT2D eigenvalue weighted by Gasteiger charge is -2.06. The van der Waals surface area contributed by atoms with Gasteiger partial charge in [-0.2, -0.15) is 5.26 Å². The van der Waals surface area contributed by atoms with Gasteiger partial charge < -0.3 is 0 Å². The van der Waals surface area contributed by atoms with Gasteiger partial charge in [0.05, 0.1) is 6.07 Å². The van der Waals surface area contributed by atoms with Crippen molar-refractivity contribution in [3.05, 3.63) is 0 Å². The second kappa shape index (κ2) is 5.62. The Bertz CT molecular complexity index is 91.2. The zero-order valence-corrected chi connectivity index (χ0v) is 6.35. The number of hydrogen-bond acceptors (Lipinski definition) is 1. The Morgan fingerprint density at radius 2 is 2.11 bits per heavy atom. The first-order valence-corrected chi connectivity index (χ1v) is 3.72. The second-order valence-corrected chi connectivity index (χ2v) is 2.43. The van der Waals surface area contributed by atoms with E-state index >= 15 is 0 Å². The molecule has 0 aromatic carbocycles. The summed E-state index contributed by atoms with van der Waals surface area (Å²) in [6, 6.07) is 2.20. The predicted molar refractivity (Wildman–Crippen MR) is 38.9 cm³/mol. The molecule has 0 aliphatic rings. The van der Waals surface area contributed by atoms with Gasteiger partial charge in [0.15, 0.2) is 0 Å². The minimum Gasteiger partial charge on any atom is -0.198 e. The summed E-state index contributed by atoms with van der Waals surface area (Å²) >= 11 is 0. The Hall–Kier alpha value is -0.510. The van der Waals surface area contributed by atoms with E-state index in [4.69, 9.17) is 5.26 Å². The van der Waals surface area contributed by atoms with Crippen LogP contribution in [0.1, 0.15) is 39.5 Å². The molecule has 9 heavy (non-hydrogen) atoms. The van der Waals surface area contributed by atoms with Gasteiger partial charge in [0.1, 0.15) is 0 Å². The molecular weight excluding hydrogens is 110 g/mol. The molecule has 0 aromatic heterocycles. The van der Waals surface area contributed by atoms with E-state index in [9.17, 15) is 0 Å². The van der Waals surface area contributed by atoms with E-state index in [0.29, 0.717) is 5.92 Å². The monoisotopic (exact) mass is 125 g/mol.